The van der Waals surface area contributed by atoms with Crippen LogP contribution in [0.1, 0.15) is 51.3 Å². The maximum atomic E-state index is 11.4. The number of nitrogens with zero attached hydrogens (tertiary/aromatic N) is 1. The number of rotatable bonds is 14. The molecule has 3 heterocycles. The van der Waals surface area contributed by atoms with Crippen LogP contribution in [0.15, 0.2) is 89.6 Å². The van der Waals surface area contributed by atoms with Gasteiger partial charge in [-0.2, -0.15) is 0 Å². The van der Waals surface area contributed by atoms with Crippen molar-refractivity contribution in [3.05, 3.63) is 122 Å². The van der Waals surface area contributed by atoms with Crippen LogP contribution >= 0.6 is 22.7 Å². The molecule has 0 bridgehead atoms. The summed E-state index contributed by atoms with van der Waals surface area (Å²) in [6.07, 6.45) is 4.72. The van der Waals surface area contributed by atoms with Gasteiger partial charge in [0.25, 0.3) is 0 Å². The minimum atomic E-state index is -0.661. The molecule has 214 valence electrons. The van der Waals surface area contributed by atoms with Crippen LogP contribution in [0.2, 0.25) is 0 Å². The summed E-state index contributed by atoms with van der Waals surface area (Å²) in [7, 11) is 0. The van der Waals surface area contributed by atoms with Crippen molar-refractivity contribution < 1.29 is 19.4 Å². The zero-order chi connectivity index (χ0) is 28.3. The summed E-state index contributed by atoms with van der Waals surface area (Å²) in [5.41, 5.74) is 5.98. The van der Waals surface area contributed by atoms with Gasteiger partial charge in [-0.15, -0.1) is 22.7 Å². The van der Waals surface area contributed by atoms with Crippen molar-refractivity contribution in [3.8, 4) is 0 Å². The first kappa shape index (κ1) is 29.4. The smallest absolute Gasteiger partial charge is 0.306 e. The lowest BCUT2D eigenvalue weighted by molar-refractivity contribution is -0.143. The van der Waals surface area contributed by atoms with Crippen LogP contribution in [0, 0.1) is 5.92 Å². The summed E-state index contributed by atoms with van der Waals surface area (Å²) in [6.45, 7) is 4.88. The summed E-state index contributed by atoms with van der Waals surface area (Å²) in [6, 6.07) is 24.9. The van der Waals surface area contributed by atoms with E-state index in [4.69, 9.17) is 9.47 Å². The van der Waals surface area contributed by atoms with Crippen molar-refractivity contribution in [2.45, 2.75) is 45.7 Å². The first-order valence-electron chi connectivity index (χ1n) is 14.2. The van der Waals surface area contributed by atoms with E-state index in [1.54, 1.807) is 22.7 Å². The van der Waals surface area contributed by atoms with Crippen LogP contribution in [0.3, 0.4) is 0 Å². The predicted molar refractivity (Wildman–Crippen MR) is 167 cm³/mol. The molecule has 0 radical (unpaired) electrons. The molecular formula is C34H37NO4S2. The Hall–Kier alpha value is -3.07. The molecule has 1 aliphatic heterocycles. The molecule has 5 rings (SSSR count). The number of ether oxygens (including phenoxy) is 2. The van der Waals surface area contributed by atoms with Crippen LogP contribution in [0.4, 0.5) is 0 Å². The Labute approximate surface area is 250 Å². The van der Waals surface area contributed by atoms with Gasteiger partial charge in [0.2, 0.25) is 0 Å². The van der Waals surface area contributed by atoms with Crippen LogP contribution in [0.5, 0.6) is 0 Å². The Morgan fingerprint density at radius 3 is 1.78 bits per heavy atom. The van der Waals surface area contributed by atoms with E-state index in [0.29, 0.717) is 26.4 Å². The number of benzene rings is 2. The zero-order valence-corrected chi connectivity index (χ0v) is 24.9. The highest BCUT2D eigenvalue weighted by atomic mass is 32.1. The molecular weight excluding hydrogens is 551 g/mol. The molecule has 7 heteroatoms. The Balaban J connectivity index is 1.30. The van der Waals surface area contributed by atoms with Gasteiger partial charge in [-0.1, -0.05) is 66.7 Å². The Morgan fingerprint density at radius 2 is 1.29 bits per heavy atom. The summed E-state index contributed by atoms with van der Waals surface area (Å²) in [5, 5.41) is 13.6. The minimum absolute atomic E-state index is 0.202. The van der Waals surface area contributed by atoms with Gasteiger partial charge in [0, 0.05) is 21.9 Å². The molecule has 1 aliphatic rings. The molecule has 0 aliphatic carbocycles. The van der Waals surface area contributed by atoms with Crippen molar-refractivity contribution in [2.24, 2.45) is 5.92 Å². The minimum Gasteiger partial charge on any atom is -0.481 e. The lowest BCUT2D eigenvalue weighted by atomic mass is 9.97. The van der Waals surface area contributed by atoms with Gasteiger partial charge in [0.1, 0.15) is 0 Å². The average Bonchev–Trinajstić information content (AvgIpc) is 3.67. The second-order valence-electron chi connectivity index (χ2n) is 10.4. The normalized spacial score (nSPS) is 14.2. The number of likely N-dealkylation sites (tertiary alicyclic amines) is 1. The van der Waals surface area contributed by atoms with E-state index in [1.165, 1.54) is 37.6 Å². The Morgan fingerprint density at radius 1 is 0.780 bits per heavy atom. The SMILES string of the molecule is O=C(O)C1CCN(CCC=C(c2sccc2COCc2ccccc2)c2sccc2COCc2ccccc2)CC1. The van der Waals surface area contributed by atoms with E-state index < -0.39 is 5.97 Å². The number of piperidine rings is 1. The third kappa shape index (κ3) is 8.47. The summed E-state index contributed by atoms with van der Waals surface area (Å²) in [5.74, 6) is -0.863. The highest BCUT2D eigenvalue weighted by molar-refractivity contribution is 7.14. The molecule has 41 heavy (non-hydrogen) atoms. The van der Waals surface area contributed by atoms with E-state index in [1.807, 2.05) is 36.4 Å². The molecule has 0 spiro atoms. The van der Waals surface area contributed by atoms with E-state index in [0.717, 1.165) is 38.9 Å². The molecule has 4 aromatic rings. The Kier molecular flexibility index (Phi) is 10.9. The van der Waals surface area contributed by atoms with Gasteiger partial charge in [0.15, 0.2) is 0 Å². The lowest BCUT2D eigenvalue weighted by Crippen LogP contribution is -2.36. The number of carboxylic acids is 1. The van der Waals surface area contributed by atoms with E-state index in [-0.39, 0.29) is 5.92 Å². The molecule has 5 nitrogen and oxygen atoms in total. The maximum Gasteiger partial charge on any atom is 0.306 e. The first-order chi connectivity index (χ1) is 20.2. The van der Waals surface area contributed by atoms with Crippen LogP contribution in [0.25, 0.3) is 5.57 Å². The first-order valence-corrected chi connectivity index (χ1v) is 16.0. The van der Waals surface area contributed by atoms with Gasteiger partial charge in [-0.3, -0.25) is 4.79 Å². The number of hydrogen-bond acceptors (Lipinski definition) is 6. The van der Waals surface area contributed by atoms with Crippen molar-refractivity contribution in [1.29, 1.82) is 0 Å². The second-order valence-corrected chi connectivity index (χ2v) is 12.2. The summed E-state index contributed by atoms with van der Waals surface area (Å²) in [4.78, 5) is 16.2. The average molecular weight is 588 g/mol. The van der Waals surface area contributed by atoms with Gasteiger partial charge in [0.05, 0.1) is 32.3 Å². The zero-order valence-electron chi connectivity index (χ0n) is 23.2. The fraction of sp³-hybridized carbons (Fsp3) is 0.324. The molecule has 1 N–H and O–H groups in total. The fourth-order valence-electron chi connectivity index (χ4n) is 5.16. The number of carboxylic acid groups (broad SMARTS) is 1. The lowest BCUT2D eigenvalue weighted by Gasteiger charge is -2.29. The third-order valence-electron chi connectivity index (χ3n) is 7.45. The highest BCUT2D eigenvalue weighted by Crippen LogP contribution is 2.37. The molecule has 1 fully saturated rings. The highest BCUT2D eigenvalue weighted by Gasteiger charge is 2.24. The van der Waals surface area contributed by atoms with Gasteiger partial charge < -0.3 is 19.5 Å². The molecule has 2 aromatic carbocycles. The van der Waals surface area contributed by atoms with E-state index >= 15 is 0 Å². The molecule has 2 aromatic heterocycles. The van der Waals surface area contributed by atoms with Gasteiger partial charge in [-0.25, -0.2) is 0 Å². The number of hydrogen-bond donors (Lipinski definition) is 1. The molecule has 0 unspecified atom stereocenters. The standard InChI is InChI=1S/C34H37NO4S2/c36-34(37)28-13-18-35(19-14-28)17-7-12-31(32-29(15-20-40-32)24-38-22-26-8-3-1-4-9-26)33-30(16-21-41-33)25-39-23-27-10-5-2-6-11-27/h1-6,8-12,15-16,20-21,28H,7,13-14,17-19,22-25H2,(H,36,37). The summed E-state index contributed by atoms with van der Waals surface area (Å²) < 4.78 is 12.3. The van der Waals surface area contributed by atoms with Crippen LogP contribution < -0.4 is 0 Å². The van der Waals surface area contributed by atoms with Gasteiger partial charge in [-0.05, 0) is 77.5 Å². The summed E-state index contributed by atoms with van der Waals surface area (Å²) >= 11 is 3.52. The van der Waals surface area contributed by atoms with Crippen LogP contribution in [-0.4, -0.2) is 35.6 Å². The molecule has 0 amide bonds. The topological polar surface area (TPSA) is 59.0 Å². The number of carbonyl (C=O) groups is 1. The predicted octanol–water partition coefficient (Wildman–Crippen LogP) is 7.86. The molecule has 1 saturated heterocycles. The van der Waals surface area contributed by atoms with Crippen molar-refractivity contribution in [1.82, 2.24) is 4.90 Å². The molecule has 0 atom stereocenters. The quantitative estimate of drug-likeness (QED) is 0.163. The maximum absolute atomic E-state index is 11.4. The number of aliphatic carboxylic acids is 1. The Bertz CT molecular complexity index is 1300. The van der Waals surface area contributed by atoms with Crippen LogP contribution in [-0.2, 0) is 40.7 Å². The van der Waals surface area contributed by atoms with E-state index in [2.05, 4.69) is 58.1 Å². The van der Waals surface area contributed by atoms with E-state index in [9.17, 15) is 9.90 Å². The molecule has 0 saturated carbocycles. The largest absolute Gasteiger partial charge is 0.481 e. The van der Waals surface area contributed by atoms with Crippen molar-refractivity contribution in [2.75, 3.05) is 19.6 Å². The second kappa shape index (κ2) is 15.2. The third-order valence-corrected chi connectivity index (χ3v) is 9.43. The monoisotopic (exact) mass is 587 g/mol. The van der Waals surface area contributed by atoms with Gasteiger partial charge >= 0.3 is 5.97 Å². The number of thiophene rings is 2. The van der Waals surface area contributed by atoms with Crippen molar-refractivity contribution in [3.63, 3.8) is 0 Å². The van der Waals surface area contributed by atoms with Crippen molar-refractivity contribution >= 4 is 34.2 Å². The fourth-order valence-corrected chi connectivity index (χ4v) is 7.14.